The van der Waals surface area contributed by atoms with Gasteiger partial charge < -0.3 is 5.73 Å². The highest BCUT2D eigenvalue weighted by Crippen LogP contribution is 2.23. The van der Waals surface area contributed by atoms with Crippen LogP contribution in [0.5, 0.6) is 0 Å². The van der Waals surface area contributed by atoms with E-state index in [-0.39, 0.29) is 5.54 Å². The molecule has 2 unspecified atom stereocenters. The van der Waals surface area contributed by atoms with Crippen LogP contribution in [0.1, 0.15) is 130 Å². The van der Waals surface area contributed by atoms with Gasteiger partial charge in [-0.25, -0.2) is 0 Å². The van der Waals surface area contributed by atoms with Crippen LogP contribution in [0.15, 0.2) is 0 Å². The van der Waals surface area contributed by atoms with Gasteiger partial charge in [-0.15, -0.1) is 0 Å². The van der Waals surface area contributed by atoms with E-state index in [1.54, 1.807) is 0 Å². The van der Waals surface area contributed by atoms with E-state index in [9.17, 15) is 0 Å². The lowest BCUT2D eigenvalue weighted by atomic mass is 9.82. The number of unbranched alkanes of at least 4 members (excludes halogenated alkanes) is 13. The minimum Gasteiger partial charge on any atom is -0.325 e. The third-order valence-electron chi connectivity index (χ3n) is 5.88. The summed E-state index contributed by atoms with van der Waals surface area (Å²) in [5.41, 5.74) is 6.35. The average Bonchev–Trinajstić information content (AvgIpc) is 2.54. The molecule has 0 aromatic carbocycles. The lowest BCUT2D eigenvalue weighted by Crippen LogP contribution is -2.42. The monoisotopic (exact) mass is 325 g/mol. The molecule has 0 aromatic heterocycles. The Balaban J connectivity index is 3.19. The fourth-order valence-corrected chi connectivity index (χ4v) is 3.32. The van der Waals surface area contributed by atoms with Crippen molar-refractivity contribution in [3.8, 4) is 0 Å². The summed E-state index contributed by atoms with van der Waals surface area (Å²) >= 11 is 0. The van der Waals surface area contributed by atoms with Crippen molar-refractivity contribution in [1.82, 2.24) is 0 Å². The van der Waals surface area contributed by atoms with Crippen molar-refractivity contribution in [3.05, 3.63) is 0 Å². The van der Waals surface area contributed by atoms with E-state index in [0.717, 1.165) is 6.42 Å². The van der Waals surface area contributed by atoms with Gasteiger partial charge in [0.1, 0.15) is 0 Å². The number of hydrogen-bond donors (Lipinski definition) is 1. The second kappa shape index (κ2) is 15.5. The van der Waals surface area contributed by atoms with Crippen LogP contribution >= 0.6 is 0 Å². The van der Waals surface area contributed by atoms with Crippen molar-refractivity contribution in [1.29, 1.82) is 0 Å². The molecule has 0 rings (SSSR count). The summed E-state index contributed by atoms with van der Waals surface area (Å²) in [6.45, 7) is 9.04. The van der Waals surface area contributed by atoms with Gasteiger partial charge in [0.25, 0.3) is 0 Å². The van der Waals surface area contributed by atoms with Gasteiger partial charge >= 0.3 is 0 Å². The summed E-state index contributed by atoms with van der Waals surface area (Å²) in [6, 6.07) is 0. The zero-order chi connectivity index (χ0) is 17.4. The Kier molecular flexibility index (Phi) is 15.5. The standard InChI is InChI=1S/C22H47N/c1-5-7-8-9-10-11-12-13-14-15-16-17-18-19-20-21(3)22(4,23)6-2/h21H,5-20,23H2,1-4H3. The molecule has 1 nitrogen and oxygen atoms in total. The van der Waals surface area contributed by atoms with E-state index in [2.05, 4.69) is 27.7 Å². The molecule has 2 atom stereocenters. The van der Waals surface area contributed by atoms with Crippen molar-refractivity contribution < 1.29 is 0 Å². The van der Waals surface area contributed by atoms with Gasteiger partial charge in [0.15, 0.2) is 0 Å². The van der Waals surface area contributed by atoms with Crippen molar-refractivity contribution in [2.75, 3.05) is 0 Å². The first-order valence-corrected chi connectivity index (χ1v) is 10.8. The first-order valence-electron chi connectivity index (χ1n) is 10.8. The maximum atomic E-state index is 6.31. The molecule has 0 fully saturated rings. The molecule has 1 heteroatoms. The first-order chi connectivity index (χ1) is 11.0. The molecule has 0 aliphatic heterocycles. The van der Waals surface area contributed by atoms with Crippen molar-refractivity contribution >= 4 is 0 Å². The lowest BCUT2D eigenvalue weighted by molar-refractivity contribution is 0.282. The third kappa shape index (κ3) is 14.0. The highest BCUT2D eigenvalue weighted by Gasteiger charge is 2.23. The maximum absolute atomic E-state index is 6.31. The Morgan fingerprint density at radius 1 is 0.652 bits per heavy atom. The van der Waals surface area contributed by atoms with Gasteiger partial charge in [-0.2, -0.15) is 0 Å². The van der Waals surface area contributed by atoms with Gasteiger partial charge in [-0.3, -0.25) is 0 Å². The number of rotatable bonds is 17. The zero-order valence-electron chi connectivity index (χ0n) is 17.0. The second-order valence-electron chi connectivity index (χ2n) is 8.15. The number of hydrogen-bond acceptors (Lipinski definition) is 1. The Bertz CT molecular complexity index is 234. The molecule has 0 aliphatic carbocycles. The zero-order valence-corrected chi connectivity index (χ0v) is 17.0. The van der Waals surface area contributed by atoms with Crippen LogP contribution in [-0.2, 0) is 0 Å². The van der Waals surface area contributed by atoms with E-state index in [4.69, 9.17) is 5.73 Å². The molecule has 0 radical (unpaired) electrons. The van der Waals surface area contributed by atoms with Crippen LogP contribution < -0.4 is 5.73 Å². The summed E-state index contributed by atoms with van der Waals surface area (Å²) in [5.74, 6) is 0.657. The van der Waals surface area contributed by atoms with Gasteiger partial charge in [-0.05, 0) is 25.7 Å². The van der Waals surface area contributed by atoms with Gasteiger partial charge in [0.05, 0.1) is 0 Å². The Labute approximate surface area is 148 Å². The summed E-state index contributed by atoms with van der Waals surface area (Å²) < 4.78 is 0. The predicted octanol–water partition coefficient (Wildman–Crippen LogP) is 7.62. The van der Waals surface area contributed by atoms with Crippen LogP contribution in [0.25, 0.3) is 0 Å². The quantitative estimate of drug-likeness (QED) is 0.273. The molecule has 0 spiro atoms. The molecule has 23 heavy (non-hydrogen) atoms. The molecule has 0 saturated heterocycles. The van der Waals surface area contributed by atoms with Crippen LogP contribution in [0.2, 0.25) is 0 Å². The molecule has 0 amide bonds. The summed E-state index contributed by atoms with van der Waals surface area (Å²) in [5, 5.41) is 0. The average molecular weight is 326 g/mol. The molecule has 0 heterocycles. The van der Waals surface area contributed by atoms with Gasteiger partial charge in [0.2, 0.25) is 0 Å². The highest BCUT2D eigenvalue weighted by atomic mass is 14.7. The largest absolute Gasteiger partial charge is 0.325 e. The molecule has 2 N–H and O–H groups in total. The molecule has 0 bridgehead atoms. The van der Waals surface area contributed by atoms with Crippen LogP contribution in [0.4, 0.5) is 0 Å². The van der Waals surface area contributed by atoms with E-state index in [0.29, 0.717) is 5.92 Å². The summed E-state index contributed by atoms with van der Waals surface area (Å²) in [7, 11) is 0. The third-order valence-corrected chi connectivity index (χ3v) is 5.88. The van der Waals surface area contributed by atoms with Crippen LogP contribution in [-0.4, -0.2) is 5.54 Å². The first kappa shape index (κ1) is 23.0. The molecule has 0 saturated carbocycles. The van der Waals surface area contributed by atoms with Crippen molar-refractivity contribution in [2.45, 2.75) is 136 Å². The minimum atomic E-state index is 0.0382. The number of nitrogens with two attached hydrogens (primary N) is 1. The second-order valence-corrected chi connectivity index (χ2v) is 8.15. The maximum Gasteiger partial charge on any atom is 0.0149 e. The summed E-state index contributed by atoms with van der Waals surface area (Å²) in [6.07, 6.45) is 22.5. The highest BCUT2D eigenvalue weighted by molar-refractivity contribution is 4.82. The smallest absolute Gasteiger partial charge is 0.0149 e. The van der Waals surface area contributed by atoms with Crippen LogP contribution in [0.3, 0.4) is 0 Å². The fraction of sp³-hybridized carbons (Fsp3) is 1.00. The van der Waals surface area contributed by atoms with Gasteiger partial charge in [-0.1, -0.05) is 111 Å². The van der Waals surface area contributed by atoms with E-state index in [1.807, 2.05) is 0 Å². The molecular formula is C22H47N. The van der Waals surface area contributed by atoms with Crippen molar-refractivity contribution in [3.63, 3.8) is 0 Å². The Morgan fingerprint density at radius 3 is 1.35 bits per heavy atom. The minimum absolute atomic E-state index is 0.0382. The molecule has 0 aliphatic rings. The van der Waals surface area contributed by atoms with E-state index >= 15 is 0 Å². The Hall–Kier alpha value is -0.0400. The topological polar surface area (TPSA) is 26.0 Å². The van der Waals surface area contributed by atoms with Crippen LogP contribution in [0, 0.1) is 5.92 Å². The van der Waals surface area contributed by atoms with E-state index < -0.39 is 0 Å². The molecule has 0 aromatic rings. The predicted molar refractivity (Wildman–Crippen MR) is 107 cm³/mol. The normalized spacial score (nSPS) is 15.5. The summed E-state index contributed by atoms with van der Waals surface area (Å²) in [4.78, 5) is 0. The SMILES string of the molecule is CCCCCCCCCCCCCCCCC(C)C(C)(N)CC. The lowest BCUT2D eigenvalue weighted by Gasteiger charge is -2.30. The molecular weight excluding hydrogens is 278 g/mol. The van der Waals surface area contributed by atoms with Gasteiger partial charge in [0, 0.05) is 5.54 Å². The van der Waals surface area contributed by atoms with E-state index in [1.165, 1.54) is 96.3 Å². The molecule has 140 valence electrons. The Morgan fingerprint density at radius 2 is 1.00 bits per heavy atom. The van der Waals surface area contributed by atoms with Crippen molar-refractivity contribution in [2.24, 2.45) is 11.7 Å². The fourth-order valence-electron chi connectivity index (χ4n) is 3.32.